The number of allylic oxidation sites excluding steroid dienone is 1. The van der Waals surface area contributed by atoms with Gasteiger partial charge in [0.2, 0.25) is 0 Å². The molecule has 7 rings (SSSR count). The maximum Gasteiger partial charge on any atom is 0.494 e. The van der Waals surface area contributed by atoms with Gasteiger partial charge in [0.25, 0.3) is 0 Å². The van der Waals surface area contributed by atoms with Crippen LogP contribution in [0.5, 0.6) is 0 Å². The lowest BCUT2D eigenvalue weighted by Gasteiger charge is -2.32. The number of fused-ring (bicyclic) bond motifs is 3. The molecule has 1 saturated heterocycles. The molecule has 6 aromatic rings. The molecule has 0 radical (unpaired) electrons. The normalized spacial score (nSPS) is 15.7. The monoisotopic (exact) mass is 615 g/mol. The fraction of sp³-hybridized carbons (Fsp3) is 0.167. The van der Waals surface area contributed by atoms with Gasteiger partial charge in [0.15, 0.2) is 0 Å². The first kappa shape index (κ1) is 30.7. The minimum atomic E-state index is -0.543. The minimum absolute atomic E-state index is 0.478. The van der Waals surface area contributed by atoms with Crippen molar-refractivity contribution in [1.29, 1.82) is 0 Å². The number of para-hydroxylation sites is 1. The maximum atomic E-state index is 6.83. The third kappa shape index (κ3) is 5.78. The van der Waals surface area contributed by atoms with Crippen LogP contribution in [0.1, 0.15) is 50.8 Å². The van der Waals surface area contributed by atoms with Crippen molar-refractivity contribution >= 4 is 51.5 Å². The quantitative estimate of drug-likeness (QED) is 0.126. The highest BCUT2D eigenvalue weighted by molar-refractivity contribution is 6.62. The molecule has 0 aliphatic carbocycles. The Morgan fingerprint density at radius 2 is 1.26 bits per heavy atom. The van der Waals surface area contributed by atoms with Gasteiger partial charge < -0.3 is 13.7 Å². The van der Waals surface area contributed by atoms with E-state index in [0.717, 1.165) is 66.5 Å². The van der Waals surface area contributed by atoms with Gasteiger partial charge in [-0.25, -0.2) is 0 Å². The van der Waals surface area contributed by atoms with Gasteiger partial charge in [-0.1, -0.05) is 134 Å². The fourth-order valence-electron chi connectivity index (χ4n) is 6.14. The van der Waals surface area contributed by atoms with Crippen LogP contribution in [0.2, 0.25) is 0 Å². The number of rotatable bonds is 8. The largest absolute Gasteiger partial charge is 0.494 e. The van der Waals surface area contributed by atoms with E-state index in [9.17, 15) is 0 Å². The van der Waals surface area contributed by atoms with E-state index >= 15 is 0 Å². The first-order valence-corrected chi connectivity index (χ1v) is 16.1. The Balaban J connectivity index is 1.39. The highest BCUT2D eigenvalue weighted by Crippen LogP contribution is 2.41. The molecular formula is C42H38BNO3. The number of hydrogen-bond acceptors (Lipinski definition) is 4. The smallest absolute Gasteiger partial charge is 0.455 e. The van der Waals surface area contributed by atoms with Crippen LogP contribution in [-0.2, 0) is 9.31 Å². The second-order valence-electron chi connectivity index (χ2n) is 13.2. The molecule has 1 aromatic heterocycles. The molecular weight excluding hydrogens is 577 g/mol. The van der Waals surface area contributed by atoms with Gasteiger partial charge in [0, 0.05) is 28.3 Å². The van der Waals surface area contributed by atoms with Crippen LogP contribution in [0.4, 0.5) is 0 Å². The lowest BCUT2D eigenvalue weighted by Crippen LogP contribution is -2.41. The zero-order valence-electron chi connectivity index (χ0n) is 27.4. The molecule has 0 bridgehead atoms. The molecule has 232 valence electrons. The first-order chi connectivity index (χ1) is 22.6. The van der Waals surface area contributed by atoms with Gasteiger partial charge in [0.1, 0.15) is 11.2 Å². The number of benzene rings is 5. The minimum Gasteiger partial charge on any atom is -0.455 e. The summed E-state index contributed by atoms with van der Waals surface area (Å²) in [6.45, 7) is 17.3. The molecule has 0 unspecified atom stereocenters. The number of aliphatic imine (C=N–C) groups is 1. The van der Waals surface area contributed by atoms with Crippen LogP contribution < -0.4 is 5.46 Å². The van der Waals surface area contributed by atoms with Crippen LogP contribution in [0, 0.1) is 0 Å². The van der Waals surface area contributed by atoms with Crippen molar-refractivity contribution in [2.45, 2.75) is 45.3 Å². The molecule has 2 heterocycles. The lowest BCUT2D eigenvalue weighted by molar-refractivity contribution is 0.00578. The molecule has 0 saturated carbocycles. The summed E-state index contributed by atoms with van der Waals surface area (Å²) in [6.07, 6.45) is 0.486. The summed E-state index contributed by atoms with van der Waals surface area (Å²) in [7, 11) is -0.543. The Hall–Kier alpha value is -4.97. The number of nitrogens with zero attached hydrogens (tertiary/aromatic N) is 1. The van der Waals surface area contributed by atoms with E-state index in [-0.39, 0.29) is 0 Å². The van der Waals surface area contributed by atoms with Gasteiger partial charge in [-0.2, -0.15) is 0 Å². The van der Waals surface area contributed by atoms with Crippen molar-refractivity contribution < 1.29 is 13.7 Å². The predicted octanol–water partition coefficient (Wildman–Crippen LogP) is 10.1. The summed E-state index contributed by atoms with van der Waals surface area (Å²) in [5.41, 5.74) is 9.06. The topological polar surface area (TPSA) is 44.0 Å². The lowest BCUT2D eigenvalue weighted by atomic mass is 9.76. The maximum absolute atomic E-state index is 6.83. The molecule has 5 aromatic carbocycles. The van der Waals surface area contributed by atoms with Gasteiger partial charge >= 0.3 is 7.12 Å². The van der Waals surface area contributed by atoms with E-state index in [1.807, 2.05) is 66.7 Å². The van der Waals surface area contributed by atoms with Gasteiger partial charge in [-0.15, -0.1) is 0 Å². The highest BCUT2D eigenvalue weighted by Gasteiger charge is 2.52. The Labute approximate surface area is 277 Å². The van der Waals surface area contributed by atoms with Crippen LogP contribution in [-0.4, -0.2) is 24.0 Å². The molecule has 1 fully saturated rings. The van der Waals surface area contributed by atoms with E-state index in [4.69, 9.17) is 18.7 Å². The average molecular weight is 616 g/mol. The Morgan fingerprint density at radius 1 is 0.660 bits per heavy atom. The predicted molar refractivity (Wildman–Crippen MR) is 197 cm³/mol. The second kappa shape index (κ2) is 12.0. The second-order valence-corrected chi connectivity index (χ2v) is 13.2. The molecule has 5 heteroatoms. The van der Waals surface area contributed by atoms with E-state index < -0.39 is 18.3 Å². The molecule has 0 N–H and O–H groups in total. The SMILES string of the molecule is C=C(N=C(CC(=C)c1cc(B2OC(C)(C)C(C)(C)O2)cc2c1oc1c(-c3ccccc3)cccc12)c1ccccc1)c1ccccc1. The molecule has 4 nitrogen and oxygen atoms in total. The van der Waals surface area contributed by atoms with E-state index in [1.54, 1.807) is 0 Å². The fourth-order valence-corrected chi connectivity index (χ4v) is 6.14. The van der Waals surface area contributed by atoms with E-state index in [1.165, 1.54) is 0 Å². The highest BCUT2D eigenvalue weighted by atomic mass is 16.7. The Bertz CT molecular complexity index is 2130. The summed E-state index contributed by atoms with van der Waals surface area (Å²) in [5.74, 6) is 0. The van der Waals surface area contributed by atoms with Crippen LogP contribution in [0.25, 0.3) is 44.3 Å². The Morgan fingerprint density at radius 3 is 1.89 bits per heavy atom. The Kier molecular flexibility index (Phi) is 7.83. The summed E-state index contributed by atoms with van der Waals surface area (Å²) in [6, 6.07) is 41.2. The summed E-state index contributed by atoms with van der Waals surface area (Å²) in [5, 5.41) is 2.02. The molecule has 47 heavy (non-hydrogen) atoms. The molecule has 1 aliphatic rings. The van der Waals surface area contributed by atoms with E-state index in [2.05, 4.69) is 95.5 Å². The summed E-state index contributed by atoms with van der Waals surface area (Å²) >= 11 is 0. The van der Waals surface area contributed by atoms with Crippen molar-refractivity contribution in [3.63, 3.8) is 0 Å². The molecule has 0 atom stereocenters. The van der Waals surface area contributed by atoms with Gasteiger partial charge in [-0.05, 0) is 55.4 Å². The third-order valence-electron chi connectivity index (χ3n) is 9.48. The van der Waals surface area contributed by atoms with Gasteiger partial charge in [0.05, 0.1) is 22.6 Å². The van der Waals surface area contributed by atoms with Crippen LogP contribution in [0.3, 0.4) is 0 Å². The first-order valence-electron chi connectivity index (χ1n) is 16.1. The summed E-state index contributed by atoms with van der Waals surface area (Å²) in [4.78, 5) is 5.08. The van der Waals surface area contributed by atoms with Crippen LogP contribution in [0.15, 0.2) is 144 Å². The molecule has 0 amide bonds. The number of hydrogen-bond donors (Lipinski definition) is 0. The average Bonchev–Trinajstić information content (AvgIpc) is 3.57. The van der Waals surface area contributed by atoms with Crippen molar-refractivity contribution in [2.75, 3.05) is 0 Å². The standard InChI is InChI=1S/C42H38BNO3/c1-28(25-38(32-21-14-9-15-22-32)44-29(2)30-17-10-7-11-18-30)36-26-33(43-46-41(3,4)42(5,6)47-43)27-37-35-24-16-23-34(39(35)45-40(36)37)31-19-12-8-13-20-31/h7-24,26-27H,1-2,25H2,3-6H3. The van der Waals surface area contributed by atoms with Gasteiger partial charge in [-0.3, -0.25) is 4.99 Å². The third-order valence-corrected chi connectivity index (χ3v) is 9.48. The van der Waals surface area contributed by atoms with Crippen molar-refractivity contribution in [1.82, 2.24) is 0 Å². The molecule has 0 spiro atoms. The van der Waals surface area contributed by atoms with Crippen LogP contribution >= 0.6 is 0 Å². The number of furan rings is 1. The van der Waals surface area contributed by atoms with Crippen molar-refractivity contribution in [3.8, 4) is 11.1 Å². The van der Waals surface area contributed by atoms with Crippen molar-refractivity contribution in [3.05, 3.63) is 151 Å². The van der Waals surface area contributed by atoms with Crippen molar-refractivity contribution in [2.24, 2.45) is 4.99 Å². The zero-order valence-corrected chi connectivity index (χ0v) is 27.4. The summed E-state index contributed by atoms with van der Waals surface area (Å²) < 4.78 is 19.9. The zero-order chi connectivity index (χ0) is 32.8. The molecule has 1 aliphatic heterocycles. The van der Waals surface area contributed by atoms with E-state index in [0.29, 0.717) is 12.1 Å².